The zero-order valence-corrected chi connectivity index (χ0v) is 15.8. The molecule has 0 aliphatic heterocycles. The Morgan fingerprint density at radius 2 is 1.90 bits per heavy atom. The van der Waals surface area contributed by atoms with E-state index in [4.69, 9.17) is 4.74 Å². The van der Waals surface area contributed by atoms with Gasteiger partial charge in [0.15, 0.2) is 5.69 Å². The second kappa shape index (κ2) is 8.83. The predicted molar refractivity (Wildman–Crippen MR) is 108 cm³/mol. The number of pyridine rings is 1. The molecule has 8 nitrogen and oxygen atoms in total. The number of rotatable bonds is 7. The molecule has 0 atom stereocenters. The van der Waals surface area contributed by atoms with Gasteiger partial charge in [0.2, 0.25) is 5.82 Å². The number of nitrogens with one attached hydrogen (secondary N) is 2. The third-order valence-corrected chi connectivity index (χ3v) is 4.03. The molecule has 2 heterocycles. The first-order valence-electron chi connectivity index (χ1n) is 8.99. The van der Waals surface area contributed by atoms with Crippen LogP contribution in [0.15, 0.2) is 61.3 Å². The van der Waals surface area contributed by atoms with Gasteiger partial charge < -0.3 is 15.4 Å². The normalized spacial score (nSPS) is 10.4. The highest BCUT2D eigenvalue weighted by Gasteiger charge is 2.21. The second-order valence-corrected chi connectivity index (χ2v) is 5.99. The number of fused-ring (bicyclic) bond motifs is 1. The van der Waals surface area contributed by atoms with E-state index in [0.717, 1.165) is 0 Å². The highest BCUT2D eigenvalue weighted by Crippen LogP contribution is 2.16. The largest absolute Gasteiger partial charge is 0.462 e. The van der Waals surface area contributed by atoms with Crippen LogP contribution in [0.3, 0.4) is 0 Å². The summed E-state index contributed by atoms with van der Waals surface area (Å²) in [4.78, 5) is 41.1. The van der Waals surface area contributed by atoms with Gasteiger partial charge in [0.25, 0.3) is 11.8 Å². The maximum absolute atomic E-state index is 12.8. The van der Waals surface area contributed by atoms with Crippen molar-refractivity contribution in [3.05, 3.63) is 78.4 Å². The zero-order valence-electron chi connectivity index (χ0n) is 15.8. The molecule has 0 saturated carbocycles. The predicted octanol–water partition coefficient (Wildman–Crippen LogP) is 2.68. The molecule has 0 aliphatic carbocycles. The maximum atomic E-state index is 12.8. The minimum Gasteiger partial charge on any atom is -0.462 e. The first-order valence-corrected chi connectivity index (χ1v) is 8.99. The van der Waals surface area contributed by atoms with E-state index in [2.05, 4.69) is 22.2 Å². The van der Waals surface area contributed by atoms with Crippen LogP contribution >= 0.6 is 0 Å². The van der Waals surface area contributed by atoms with Crippen LogP contribution in [0.4, 0.5) is 5.69 Å². The topological polar surface area (TPSA) is 102 Å². The lowest BCUT2D eigenvalue weighted by molar-refractivity contribution is 0.0526. The van der Waals surface area contributed by atoms with Gasteiger partial charge in [-0.3, -0.25) is 14.0 Å². The van der Waals surface area contributed by atoms with Crippen LogP contribution < -0.4 is 10.6 Å². The van der Waals surface area contributed by atoms with Crippen molar-refractivity contribution in [1.82, 2.24) is 14.7 Å². The van der Waals surface area contributed by atoms with Gasteiger partial charge in [0, 0.05) is 18.4 Å². The number of hydrogen-bond donors (Lipinski definition) is 2. The van der Waals surface area contributed by atoms with Crippen molar-refractivity contribution in [2.45, 2.75) is 6.92 Å². The Kier molecular flexibility index (Phi) is 6.03. The van der Waals surface area contributed by atoms with Crippen LogP contribution in [-0.4, -0.2) is 40.3 Å². The number of amides is 2. The highest BCUT2D eigenvalue weighted by atomic mass is 16.5. The van der Waals surface area contributed by atoms with Crippen LogP contribution in [0.5, 0.6) is 0 Å². The van der Waals surface area contributed by atoms with Crippen LogP contribution in [0, 0.1) is 0 Å². The number of benzene rings is 1. The van der Waals surface area contributed by atoms with Crippen molar-refractivity contribution < 1.29 is 19.1 Å². The first-order chi connectivity index (χ1) is 14.0. The number of hydrogen-bond acceptors (Lipinski definition) is 5. The number of esters is 1. The van der Waals surface area contributed by atoms with Crippen molar-refractivity contribution in [1.29, 1.82) is 0 Å². The smallest absolute Gasteiger partial charge is 0.338 e. The van der Waals surface area contributed by atoms with Crippen molar-refractivity contribution in [3.8, 4) is 0 Å². The third-order valence-electron chi connectivity index (χ3n) is 4.03. The molecule has 2 N–H and O–H groups in total. The average molecular weight is 392 g/mol. The lowest BCUT2D eigenvalue weighted by Gasteiger charge is -2.06. The molecule has 3 aromatic rings. The van der Waals surface area contributed by atoms with Gasteiger partial charge in [-0.05, 0) is 43.3 Å². The minimum absolute atomic E-state index is 0.0684. The molecule has 0 fully saturated rings. The van der Waals surface area contributed by atoms with Crippen molar-refractivity contribution in [2.75, 3.05) is 18.5 Å². The number of ether oxygens (including phenoxy) is 1. The summed E-state index contributed by atoms with van der Waals surface area (Å²) in [5, 5.41) is 5.38. The summed E-state index contributed by atoms with van der Waals surface area (Å²) in [6, 6.07) is 11.5. The zero-order chi connectivity index (χ0) is 20.8. The third kappa shape index (κ3) is 4.32. The van der Waals surface area contributed by atoms with Crippen molar-refractivity contribution >= 4 is 29.0 Å². The number of carbonyl (C=O) groups excluding carboxylic acids is 3. The molecule has 0 radical (unpaired) electrons. The summed E-state index contributed by atoms with van der Waals surface area (Å²) in [6.07, 6.45) is 3.22. The maximum Gasteiger partial charge on any atom is 0.338 e. The summed E-state index contributed by atoms with van der Waals surface area (Å²) in [6.45, 7) is 5.87. The summed E-state index contributed by atoms with van der Waals surface area (Å²) < 4.78 is 6.48. The fourth-order valence-electron chi connectivity index (χ4n) is 2.70. The molecule has 0 bridgehead atoms. The molecule has 2 amide bonds. The summed E-state index contributed by atoms with van der Waals surface area (Å²) >= 11 is 0. The average Bonchev–Trinajstić information content (AvgIpc) is 3.12. The second-order valence-electron chi connectivity index (χ2n) is 5.99. The van der Waals surface area contributed by atoms with Gasteiger partial charge >= 0.3 is 5.97 Å². The summed E-state index contributed by atoms with van der Waals surface area (Å²) in [7, 11) is 0. The van der Waals surface area contributed by atoms with E-state index in [1.165, 1.54) is 0 Å². The Bertz CT molecular complexity index is 1070. The van der Waals surface area contributed by atoms with E-state index >= 15 is 0 Å². The van der Waals surface area contributed by atoms with Gasteiger partial charge in [-0.1, -0.05) is 12.1 Å². The van der Waals surface area contributed by atoms with E-state index in [-0.39, 0.29) is 18.1 Å². The van der Waals surface area contributed by atoms with Crippen LogP contribution in [0.2, 0.25) is 0 Å². The quantitative estimate of drug-likeness (QED) is 0.475. The van der Waals surface area contributed by atoms with E-state index in [1.807, 2.05) is 0 Å². The van der Waals surface area contributed by atoms with Crippen molar-refractivity contribution in [2.24, 2.45) is 0 Å². The van der Waals surface area contributed by atoms with Crippen LogP contribution in [-0.2, 0) is 4.74 Å². The molecule has 0 unspecified atom stereocenters. The lowest BCUT2D eigenvalue weighted by atomic mass is 10.2. The molecule has 8 heteroatoms. The summed E-state index contributed by atoms with van der Waals surface area (Å²) in [5.41, 5.74) is 1.53. The lowest BCUT2D eigenvalue weighted by Crippen LogP contribution is -2.24. The van der Waals surface area contributed by atoms with E-state index in [9.17, 15) is 14.4 Å². The van der Waals surface area contributed by atoms with Crippen molar-refractivity contribution in [3.63, 3.8) is 0 Å². The Morgan fingerprint density at radius 3 is 2.59 bits per heavy atom. The molecule has 1 aromatic carbocycles. The molecule has 29 heavy (non-hydrogen) atoms. The number of imidazole rings is 1. The molecular formula is C21H20N4O4. The van der Waals surface area contributed by atoms with E-state index in [1.54, 1.807) is 66.1 Å². The molecule has 148 valence electrons. The SMILES string of the molecule is C=CCNC(=O)c1nc(C(=O)Nc2ccc(C(=O)OCC)cc2)n2ccccc12. The Labute approximate surface area is 167 Å². The Morgan fingerprint density at radius 1 is 1.14 bits per heavy atom. The summed E-state index contributed by atoms with van der Waals surface area (Å²) in [5.74, 6) is -1.25. The highest BCUT2D eigenvalue weighted by molar-refractivity contribution is 6.06. The van der Waals surface area contributed by atoms with E-state index < -0.39 is 17.8 Å². The Balaban J connectivity index is 1.85. The molecule has 0 spiro atoms. The first kappa shape index (κ1) is 19.8. The van der Waals surface area contributed by atoms with Crippen LogP contribution in [0.25, 0.3) is 5.52 Å². The number of anilines is 1. The van der Waals surface area contributed by atoms with Gasteiger partial charge in [-0.15, -0.1) is 6.58 Å². The fraction of sp³-hybridized carbons (Fsp3) is 0.143. The minimum atomic E-state index is -0.488. The molecule has 2 aromatic heterocycles. The number of carbonyl (C=O) groups is 3. The standard InChI is InChI=1S/C21H20N4O4/c1-3-12-22-19(26)17-16-7-5-6-13-25(16)18(24-17)20(27)23-15-10-8-14(9-11-15)21(28)29-4-2/h3,5-11,13H,1,4,12H2,2H3,(H,22,26)(H,23,27). The molecular weight excluding hydrogens is 372 g/mol. The monoisotopic (exact) mass is 392 g/mol. The van der Waals surface area contributed by atoms with Gasteiger partial charge in [0.1, 0.15) is 0 Å². The molecule has 0 aliphatic rings. The molecule has 3 rings (SSSR count). The van der Waals surface area contributed by atoms with Gasteiger partial charge in [0.05, 0.1) is 17.7 Å². The van der Waals surface area contributed by atoms with E-state index in [0.29, 0.717) is 23.3 Å². The molecule has 0 saturated heterocycles. The Hall–Kier alpha value is -3.94. The van der Waals surface area contributed by atoms with Gasteiger partial charge in [-0.25, -0.2) is 9.78 Å². The van der Waals surface area contributed by atoms with Crippen LogP contribution in [0.1, 0.15) is 38.4 Å². The fourth-order valence-corrected chi connectivity index (χ4v) is 2.70. The number of aromatic nitrogens is 2. The van der Waals surface area contributed by atoms with Gasteiger partial charge in [-0.2, -0.15) is 0 Å². The number of nitrogens with zero attached hydrogens (tertiary/aromatic N) is 2.